The molecule has 0 aromatic heterocycles. The van der Waals surface area contributed by atoms with Crippen molar-refractivity contribution in [3.05, 3.63) is 58.6 Å². The van der Waals surface area contributed by atoms with E-state index in [-0.39, 0.29) is 17.2 Å². The third-order valence-electron chi connectivity index (χ3n) is 4.02. The molecule has 0 saturated carbocycles. The van der Waals surface area contributed by atoms with Gasteiger partial charge in [0.05, 0.1) is 5.56 Å². The van der Waals surface area contributed by atoms with Crippen molar-refractivity contribution in [2.45, 2.75) is 19.4 Å². The van der Waals surface area contributed by atoms with Gasteiger partial charge in [0.25, 0.3) is 5.91 Å². The van der Waals surface area contributed by atoms with Crippen molar-refractivity contribution in [1.82, 2.24) is 4.90 Å². The molecule has 1 aliphatic heterocycles. The lowest BCUT2D eigenvalue weighted by Gasteiger charge is -2.15. The Morgan fingerprint density at radius 2 is 1.83 bits per heavy atom. The average molecular weight is 331 g/mol. The van der Waals surface area contributed by atoms with E-state index in [1.807, 2.05) is 24.3 Å². The molecule has 2 aromatic carbocycles. The van der Waals surface area contributed by atoms with Gasteiger partial charge in [-0.3, -0.25) is 9.69 Å². The summed E-state index contributed by atoms with van der Waals surface area (Å²) in [6.45, 7) is 3.27. The number of hydrogen-bond acceptors (Lipinski definition) is 3. The van der Waals surface area contributed by atoms with Crippen LogP contribution >= 0.6 is 11.6 Å². The number of amides is 1. The van der Waals surface area contributed by atoms with Crippen LogP contribution in [0, 0.1) is 0 Å². The maximum Gasteiger partial charge on any atom is 0.259 e. The second-order valence-corrected chi connectivity index (χ2v) is 6.23. The minimum atomic E-state index is -0.378. The van der Waals surface area contributed by atoms with Gasteiger partial charge in [-0.1, -0.05) is 23.7 Å². The van der Waals surface area contributed by atoms with Gasteiger partial charge >= 0.3 is 0 Å². The van der Waals surface area contributed by atoms with E-state index in [1.165, 1.54) is 30.5 Å². The molecule has 1 fully saturated rings. The molecule has 2 aromatic rings. The van der Waals surface area contributed by atoms with Crippen molar-refractivity contribution in [3.8, 4) is 5.75 Å². The summed E-state index contributed by atoms with van der Waals surface area (Å²) in [5.74, 6) is -0.463. The molecule has 0 aliphatic carbocycles. The van der Waals surface area contributed by atoms with Crippen LogP contribution in [0.25, 0.3) is 0 Å². The van der Waals surface area contributed by atoms with Crippen molar-refractivity contribution in [1.29, 1.82) is 0 Å². The third-order valence-corrected chi connectivity index (χ3v) is 4.25. The van der Waals surface area contributed by atoms with Crippen LogP contribution in [0.2, 0.25) is 5.02 Å². The van der Waals surface area contributed by atoms with Crippen LogP contribution in [0.5, 0.6) is 5.75 Å². The van der Waals surface area contributed by atoms with Gasteiger partial charge in [-0.15, -0.1) is 0 Å². The van der Waals surface area contributed by atoms with Crippen LogP contribution < -0.4 is 5.32 Å². The molecule has 0 spiro atoms. The molecule has 4 nitrogen and oxygen atoms in total. The number of likely N-dealkylation sites (tertiary alicyclic amines) is 1. The molecule has 23 heavy (non-hydrogen) atoms. The number of phenols is 1. The summed E-state index contributed by atoms with van der Waals surface area (Å²) in [5.41, 5.74) is 2.09. The van der Waals surface area contributed by atoms with E-state index in [4.69, 9.17) is 11.6 Å². The number of benzene rings is 2. The van der Waals surface area contributed by atoms with Crippen LogP contribution in [-0.2, 0) is 6.54 Å². The van der Waals surface area contributed by atoms with Gasteiger partial charge < -0.3 is 10.4 Å². The zero-order valence-corrected chi connectivity index (χ0v) is 13.5. The van der Waals surface area contributed by atoms with Crippen LogP contribution in [0.1, 0.15) is 28.8 Å². The van der Waals surface area contributed by atoms with Gasteiger partial charge in [0, 0.05) is 17.3 Å². The number of aromatic hydroxyl groups is 1. The molecular formula is C18H19ClN2O2. The van der Waals surface area contributed by atoms with Crippen molar-refractivity contribution in [2.75, 3.05) is 18.4 Å². The number of rotatable bonds is 4. The number of carbonyl (C=O) groups excluding carboxylic acids is 1. The SMILES string of the molecule is O=C(Nc1ccc(CN2CCCC2)cc1)c1cc(Cl)ccc1O. The number of anilines is 1. The highest BCUT2D eigenvalue weighted by molar-refractivity contribution is 6.31. The summed E-state index contributed by atoms with van der Waals surface area (Å²) in [7, 11) is 0. The molecule has 120 valence electrons. The summed E-state index contributed by atoms with van der Waals surface area (Å²) < 4.78 is 0. The van der Waals surface area contributed by atoms with E-state index in [9.17, 15) is 9.90 Å². The molecule has 1 aliphatic rings. The first-order chi connectivity index (χ1) is 11.1. The quantitative estimate of drug-likeness (QED) is 0.894. The fraction of sp³-hybridized carbons (Fsp3) is 0.278. The van der Waals surface area contributed by atoms with Gasteiger partial charge in [-0.2, -0.15) is 0 Å². The topological polar surface area (TPSA) is 52.6 Å². The van der Waals surface area contributed by atoms with Crippen molar-refractivity contribution < 1.29 is 9.90 Å². The lowest BCUT2D eigenvalue weighted by atomic mass is 10.1. The zero-order valence-electron chi connectivity index (χ0n) is 12.8. The Morgan fingerprint density at radius 3 is 2.52 bits per heavy atom. The number of nitrogens with zero attached hydrogens (tertiary/aromatic N) is 1. The lowest BCUT2D eigenvalue weighted by Crippen LogP contribution is -2.18. The van der Waals surface area contributed by atoms with Crippen LogP contribution in [0.4, 0.5) is 5.69 Å². The standard InChI is InChI=1S/C18H19ClN2O2/c19-14-5-8-17(22)16(11-14)18(23)20-15-6-3-13(4-7-15)12-21-9-1-2-10-21/h3-8,11,22H,1-2,9-10,12H2,(H,20,23). The fourth-order valence-corrected chi connectivity index (χ4v) is 2.95. The highest BCUT2D eigenvalue weighted by Gasteiger charge is 2.13. The Labute approximate surface area is 140 Å². The number of nitrogens with one attached hydrogen (secondary N) is 1. The Bertz CT molecular complexity index is 695. The maximum atomic E-state index is 12.2. The van der Waals surface area contributed by atoms with Crippen LogP contribution in [0.15, 0.2) is 42.5 Å². The van der Waals surface area contributed by atoms with Crippen molar-refractivity contribution >= 4 is 23.2 Å². The first-order valence-electron chi connectivity index (χ1n) is 7.73. The highest BCUT2D eigenvalue weighted by Crippen LogP contribution is 2.23. The minimum Gasteiger partial charge on any atom is -0.507 e. The second-order valence-electron chi connectivity index (χ2n) is 5.80. The molecule has 0 atom stereocenters. The van der Waals surface area contributed by atoms with Crippen molar-refractivity contribution in [2.24, 2.45) is 0 Å². The summed E-state index contributed by atoms with van der Waals surface area (Å²) >= 11 is 5.87. The molecule has 5 heteroatoms. The molecule has 3 rings (SSSR count). The largest absolute Gasteiger partial charge is 0.507 e. The average Bonchev–Trinajstić information content (AvgIpc) is 3.04. The first-order valence-corrected chi connectivity index (χ1v) is 8.11. The van der Waals surface area contributed by atoms with E-state index in [0.29, 0.717) is 10.7 Å². The molecule has 0 unspecified atom stereocenters. The molecule has 1 saturated heterocycles. The van der Waals surface area contributed by atoms with Crippen LogP contribution in [0.3, 0.4) is 0 Å². The number of carbonyl (C=O) groups is 1. The van der Waals surface area contributed by atoms with E-state index in [2.05, 4.69) is 10.2 Å². The van der Waals surface area contributed by atoms with E-state index < -0.39 is 0 Å². The molecule has 0 bridgehead atoms. The molecule has 1 heterocycles. The smallest absolute Gasteiger partial charge is 0.259 e. The molecule has 1 amide bonds. The second kappa shape index (κ2) is 7.02. The minimum absolute atomic E-state index is 0.0856. The maximum absolute atomic E-state index is 12.2. The van der Waals surface area contributed by atoms with E-state index >= 15 is 0 Å². The predicted octanol–water partition coefficient (Wildman–Crippen LogP) is 3.89. The molecule has 0 radical (unpaired) electrons. The Balaban J connectivity index is 1.65. The predicted molar refractivity (Wildman–Crippen MR) is 92.0 cm³/mol. The Hall–Kier alpha value is -2.04. The monoisotopic (exact) mass is 330 g/mol. The van der Waals surface area contributed by atoms with Crippen LogP contribution in [-0.4, -0.2) is 29.0 Å². The summed E-state index contributed by atoms with van der Waals surface area (Å²) in [6.07, 6.45) is 2.55. The van der Waals surface area contributed by atoms with Gasteiger partial charge in [0.15, 0.2) is 0 Å². The Morgan fingerprint density at radius 1 is 1.13 bits per heavy atom. The lowest BCUT2D eigenvalue weighted by molar-refractivity contribution is 0.102. The van der Waals surface area contributed by atoms with Gasteiger partial charge in [-0.25, -0.2) is 0 Å². The number of hydrogen-bond donors (Lipinski definition) is 2. The van der Waals surface area contributed by atoms with E-state index in [1.54, 1.807) is 6.07 Å². The number of halogens is 1. The third kappa shape index (κ3) is 4.03. The normalized spacial score (nSPS) is 14.8. The summed E-state index contributed by atoms with van der Waals surface area (Å²) in [4.78, 5) is 14.6. The number of phenolic OH excluding ortho intramolecular Hbond substituents is 1. The molecular weight excluding hydrogens is 312 g/mol. The van der Waals surface area contributed by atoms with Gasteiger partial charge in [-0.05, 0) is 61.8 Å². The fourth-order valence-electron chi connectivity index (χ4n) is 2.78. The first kappa shape index (κ1) is 15.8. The Kier molecular flexibility index (Phi) is 4.84. The highest BCUT2D eigenvalue weighted by atomic mass is 35.5. The summed E-state index contributed by atoms with van der Waals surface area (Å²) in [5, 5.41) is 12.9. The molecule has 2 N–H and O–H groups in total. The van der Waals surface area contributed by atoms with E-state index in [0.717, 1.165) is 19.6 Å². The van der Waals surface area contributed by atoms with Crippen molar-refractivity contribution in [3.63, 3.8) is 0 Å². The summed E-state index contributed by atoms with van der Waals surface area (Å²) in [6, 6.07) is 12.2. The van der Waals surface area contributed by atoms with Gasteiger partial charge in [0.1, 0.15) is 5.75 Å². The zero-order chi connectivity index (χ0) is 16.2. The van der Waals surface area contributed by atoms with Gasteiger partial charge in [0.2, 0.25) is 0 Å².